The third-order valence-corrected chi connectivity index (χ3v) is 3.71. The molecule has 1 unspecified atom stereocenters. The van der Waals surface area contributed by atoms with E-state index >= 15 is 0 Å². The largest absolute Gasteiger partial charge is 0.306 e. The van der Waals surface area contributed by atoms with Crippen molar-refractivity contribution in [2.75, 3.05) is 6.54 Å². The first-order valence-corrected chi connectivity index (χ1v) is 7.13. The first kappa shape index (κ1) is 13.4. The molecule has 2 rings (SSSR count). The summed E-state index contributed by atoms with van der Waals surface area (Å²) in [6, 6.07) is 8.58. The summed E-state index contributed by atoms with van der Waals surface area (Å²) in [4.78, 5) is 8.23. The number of rotatable bonds is 5. The van der Waals surface area contributed by atoms with E-state index in [9.17, 15) is 0 Å². The Balaban J connectivity index is 2.34. The second-order valence-electron chi connectivity index (χ2n) is 4.08. The maximum Gasteiger partial charge on any atom is 0.115 e. The molecule has 0 aliphatic rings. The van der Waals surface area contributed by atoms with E-state index in [2.05, 4.69) is 69.1 Å². The summed E-state index contributed by atoms with van der Waals surface area (Å²) in [5.74, 6) is 0. The Morgan fingerprint density at radius 2 is 1.94 bits per heavy atom. The summed E-state index contributed by atoms with van der Waals surface area (Å²) < 4.78 is 1.26. The van der Waals surface area contributed by atoms with E-state index < -0.39 is 0 Å². The maximum absolute atomic E-state index is 4.12. The molecule has 1 aromatic carbocycles. The summed E-state index contributed by atoms with van der Waals surface area (Å²) in [5, 5.41) is 3.56. The lowest BCUT2D eigenvalue weighted by Crippen LogP contribution is -2.24. The van der Waals surface area contributed by atoms with Gasteiger partial charge in [-0.3, -0.25) is 0 Å². The molecule has 4 heteroatoms. The molecular weight excluding hydrogens is 337 g/mol. The predicted octanol–water partition coefficient (Wildman–Crippen LogP) is 3.17. The highest BCUT2D eigenvalue weighted by atomic mass is 127. The van der Waals surface area contributed by atoms with E-state index in [0.717, 1.165) is 18.5 Å². The number of hydrogen-bond acceptors (Lipinski definition) is 3. The molecular formula is C14H16IN3. The molecule has 0 aliphatic heterocycles. The zero-order chi connectivity index (χ0) is 12.8. The molecule has 0 saturated carbocycles. The lowest BCUT2D eigenvalue weighted by Gasteiger charge is -2.20. The molecule has 0 bridgehead atoms. The minimum Gasteiger partial charge on any atom is -0.306 e. The Kier molecular flexibility index (Phi) is 5.07. The molecule has 1 N–H and O–H groups in total. The van der Waals surface area contributed by atoms with Gasteiger partial charge in [0.25, 0.3) is 0 Å². The highest BCUT2D eigenvalue weighted by Crippen LogP contribution is 2.25. The van der Waals surface area contributed by atoms with Crippen LogP contribution in [0.1, 0.15) is 30.5 Å². The monoisotopic (exact) mass is 353 g/mol. The maximum atomic E-state index is 4.12. The van der Waals surface area contributed by atoms with Gasteiger partial charge >= 0.3 is 0 Å². The van der Waals surface area contributed by atoms with Crippen LogP contribution in [0.25, 0.3) is 0 Å². The Bertz CT molecular complexity index is 487. The SMILES string of the molecule is CCCNC(c1cncnc1)c1ccccc1I. The summed E-state index contributed by atoms with van der Waals surface area (Å²) in [7, 11) is 0. The number of halogens is 1. The first-order chi connectivity index (χ1) is 8.83. The first-order valence-electron chi connectivity index (χ1n) is 6.05. The fourth-order valence-electron chi connectivity index (χ4n) is 1.86. The van der Waals surface area contributed by atoms with Crippen LogP contribution in [-0.4, -0.2) is 16.5 Å². The second-order valence-corrected chi connectivity index (χ2v) is 5.24. The third kappa shape index (κ3) is 3.26. The van der Waals surface area contributed by atoms with E-state index in [1.807, 2.05) is 12.4 Å². The van der Waals surface area contributed by atoms with Crippen molar-refractivity contribution in [1.29, 1.82) is 0 Å². The number of aromatic nitrogens is 2. The quantitative estimate of drug-likeness (QED) is 0.840. The van der Waals surface area contributed by atoms with Gasteiger partial charge in [-0.2, -0.15) is 0 Å². The Hall–Kier alpha value is -1.01. The highest BCUT2D eigenvalue weighted by Gasteiger charge is 2.15. The Labute approximate surface area is 121 Å². The van der Waals surface area contributed by atoms with Crippen LogP contribution in [0, 0.1) is 3.57 Å². The average molecular weight is 353 g/mol. The van der Waals surface area contributed by atoms with Crippen LogP contribution < -0.4 is 5.32 Å². The topological polar surface area (TPSA) is 37.8 Å². The Morgan fingerprint density at radius 1 is 1.22 bits per heavy atom. The smallest absolute Gasteiger partial charge is 0.115 e. The van der Waals surface area contributed by atoms with E-state index in [-0.39, 0.29) is 6.04 Å². The van der Waals surface area contributed by atoms with Gasteiger partial charge in [0, 0.05) is 21.5 Å². The van der Waals surface area contributed by atoms with Crippen molar-refractivity contribution < 1.29 is 0 Å². The van der Waals surface area contributed by atoms with Crippen molar-refractivity contribution in [3.63, 3.8) is 0 Å². The number of hydrogen-bond donors (Lipinski definition) is 1. The van der Waals surface area contributed by atoms with E-state index in [1.165, 1.54) is 9.13 Å². The number of nitrogens with zero attached hydrogens (tertiary/aromatic N) is 2. The van der Waals surface area contributed by atoms with E-state index in [1.54, 1.807) is 6.33 Å². The molecule has 0 spiro atoms. The Morgan fingerprint density at radius 3 is 2.61 bits per heavy atom. The van der Waals surface area contributed by atoms with Crippen molar-refractivity contribution in [2.45, 2.75) is 19.4 Å². The molecule has 0 fully saturated rings. The van der Waals surface area contributed by atoms with Crippen LogP contribution in [0.4, 0.5) is 0 Å². The van der Waals surface area contributed by atoms with Crippen LogP contribution >= 0.6 is 22.6 Å². The van der Waals surface area contributed by atoms with Crippen molar-refractivity contribution in [1.82, 2.24) is 15.3 Å². The normalized spacial score (nSPS) is 12.3. The number of benzene rings is 1. The molecule has 2 aromatic rings. The predicted molar refractivity (Wildman–Crippen MR) is 81.3 cm³/mol. The number of nitrogens with one attached hydrogen (secondary N) is 1. The van der Waals surface area contributed by atoms with Gasteiger partial charge in [-0.1, -0.05) is 25.1 Å². The standard InChI is InChI=1S/C14H16IN3/c1-2-7-18-14(11-8-16-10-17-9-11)12-5-3-4-6-13(12)15/h3-6,8-10,14,18H,2,7H2,1H3. The second kappa shape index (κ2) is 6.80. The van der Waals surface area contributed by atoms with Gasteiger partial charge in [-0.15, -0.1) is 0 Å². The average Bonchev–Trinajstić information content (AvgIpc) is 2.42. The lowest BCUT2D eigenvalue weighted by atomic mass is 10.0. The van der Waals surface area contributed by atoms with Crippen molar-refractivity contribution in [3.05, 3.63) is 57.7 Å². The molecule has 18 heavy (non-hydrogen) atoms. The van der Waals surface area contributed by atoms with Gasteiger partial charge < -0.3 is 5.32 Å². The summed E-state index contributed by atoms with van der Waals surface area (Å²) in [5.41, 5.74) is 2.39. The van der Waals surface area contributed by atoms with Crippen molar-refractivity contribution in [2.24, 2.45) is 0 Å². The minimum absolute atomic E-state index is 0.166. The molecule has 3 nitrogen and oxygen atoms in total. The van der Waals surface area contributed by atoms with Gasteiger partial charge in [0.15, 0.2) is 0 Å². The summed E-state index contributed by atoms with van der Waals surface area (Å²) in [6.45, 7) is 3.14. The molecule has 0 amide bonds. The van der Waals surface area contributed by atoms with Gasteiger partial charge in [-0.25, -0.2) is 9.97 Å². The fraction of sp³-hybridized carbons (Fsp3) is 0.286. The van der Waals surface area contributed by atoms with Crippen LogP contribution in [-0.2, 0) is 0 Å². The van der Waals surface area contributed by atoms with Gasteiger partial charge in [-0.05, 0) is 47.2 Å². The van der Waals surface area contributed by atoms with Crippen molar-refractivity contribution in [3.8, 4) is 0 Å². The van der Waals surface area contributed by atoms with Crippen LogP contribution in [0.3, 0.4) is 0 Å². The van der Waals surface area contributed by atoms with Crippen LogP contribution in [0.15, 0.2) is 43.0 Å². The van der Waals surface area contributed by atoms with Crippen LogP contribution in [0.5, 0.6) is 0 Å². The molecule has 1 atom stereocenters. The van der Waals surface area contributed by atoms with E-state index in [0.29, 0.717) is 0 Å². The molecule has 94 valence electrons. The van der Waals surface area contributed by atoms with Crippen molar-refractivity contribution >= 4 is 22.6 Å². The molecule has 0 radical (unpaired) electrons. The molecule has 1 aromatic heterocycles. The zero-order valence-corrected chi connectivity index (χ0v) is 12.5. The lowest BCUT2D eigenvalue weighted by molar-refractivity contribution is 0.593. The third-order valence-electron chi connectivity index (χ3n) is 2.73. The van der Waals surface area contributed by atoms with Gasteiger partial charge in [0.1, 0.15) is 6.33 Å². The fourth-order valence-corrected chi connectivity index (χ4v) is 2.56. The van der Waals surface area contributed by atoms with E-state index in [4.69, 9.17) is 0 Å². The minimum atomic E-state index is 0.166. The molecule has 0 saturated heterocycles. The van der Waals surface area contributed by atoms with Crippen LogP contribution in [0.2, 0.25) is 0 Å². The summed E-state index contributed by atoms with van der Waals surface area (Å²) in [6.07, 6.45) is 6.43. The summed E-state index contributed by atoms with van der Waals surface area (Å²) >= 11 is 2.37. The molecule has 0 aliphatic carbocycles. The van der Waals surface area contributed by atoms with Gasteiger partial charge in [0.05, 0.1) is 6.04 Å². The van der Waals surface area contributed by atoms with Gasteiger partial charge in [0.2, 0.25) is 0 Å². The highest BCUT2D eigenvalue weighted by molar-refractivity contribution is 14.1. The zero-order valence-electron chi connectivity index (χ0n) is 10.3. The molecule has 1 heterocycles.